The van der Waals surface area contributed by atoms with Gasteiger partial charge < -0.3 is 34.5 Å². The first-order chi connectivity index (χ1) is 20.2. The summed E-state index contributed by atoms with van der Waals surface area (Å²) in [5, 5.41) is 6.67. The van der Waals surface area contributed by atoms with Gasteiger partial charge in [0.15, 0.2) is 0 Å². The van der Waals surface area contributed by atoms with Crippen LogP contribution in [0.4, 0.5) is 11.4 Å². The third-order valence-corrected chi connectivity index (χ3v) is 8.36. The lowest BCUT2D eigenvalue weighted by molar-refractivity contribution is 0.0370. The zero-order chi connectivity index (χ0) is 29.8. The molecule has 2 aromatic heterocycles. The van der Waals surface area contributed by atoms with Gasteiger partial charge in [-0.1, -0.05) is 15.9 Å². The first-order valence-electron chi connectivity index (χ1n) is 14.2. The van der Waals surface area contributed by atoms with Gasteiger partial charge in [-0.15, -0.1) is 0 Å². The van der Waals surface area contributed by atoms with Gasteiger partial charge in [0.25, 0.3) is 11.8 Å². The molecule has 224 valence electrons. The monoisotopic (exact) mass is 639 g/mol. The molecule has 4 heterocycles. The van der Waals surface area contributed by atoms with Crippen molar-refractivity contribution in [2.24, 2.45) is 7.05 Å². The molecule has 3 atom stereocenters. The summed E-state index contributed by atoms with van der Waals surface area (Å²) in [5.41, 5.74) is 4.44. The average molecular weight is 641 g/mol. The van der Waals surface area contributed by atoms with Crippen molar-refractivity contribution in [1.82, 2.24) is 24.3 Å². The maximum Gasteiger partial charge on any atom is 0.256 e. The Morgan fingerprint density at radius 3 is 2.69 bits per heavy atom. The number of likely N-dealkylation sites (tertiary alicyclic amines) is 1. The number of ether oxygens (including phenoxy) is 2. The van der Waals surface area contributed by atoms with Gasteiger partial charge in [-0.2, -0.15) is 0 Å². The molecule has 0 spiro atoms. The van der Waals surface area contributed by atoms with E-state index in [2.05, 4.69) is 36.5 Å². The molecule has 2 fully saturated rings. The lowest BCUT2D eigenvalue weighted by atomic mass is 10.0. The molecule has 0 saturated carbocycles. The number of amides is 2. The highest BCUT2D eigenvalue weighted by molar-refractivity contribution is 9.10. The van der Waals surface area contributed by atoms with E-state index < -0.39 is 0 Å². The molecule has 2 aliphatic rings. The molecule has 42 heavy (non-hydrogen) atoms. The van der Waals surface area contributed by atoms with Crippen molar-refractivity contribution < 1.29 is 19.1 Å². The van der Waals surface area contributed by atoms with E-state index in [9.17, 15) is 9.59 Å². The number of rotatable bonds is 8. The molecule has 2 N–H and O–H groups in total. The molecule has 12 heteroatoms. The topological polar surface area (TPSA) is 114 Å². The fourth-order valence-electron chi connectivity index (χ4n) is 5.40. The quantitative estimate of drug-likeness (QED) is 0.384. The average Bonchev–Trinajstić information content (AvgIpc) is 3.51. The Kier molecular flexibility index (Phi) is 9.44. The van der Waals surface area contributed by atoms with E-state index in [1.165, 1.54) is 0 Å². The zero-order valence-corrected chi connectivity index (χ0v) is 26.1. The van der Waals surface area contributed by atoms with Crippen molar-refractivity contribution in [2.75, 3.05) is 50.5 Å². The van der Waals surface area contributed by atoms with E-state index in [0.717, 1.165) is 33.5 Å². The molecular weight excluding hydrogens is 602 g/mol. The van der Waals surface area contributed by atoms with E-state index in [1.807, 2.05) is 42.5 Å². The number of pyridine rings is 1. The predicted octanol–water partition coefficient (Wildman–Crippen LogP) is 3.70. The largest absolute Gasteiger partial charge is 0.387 e. The van der Waals surface area contributed by atoms with Gasteiger partial charge in [-0.05, 0) is 44.0 Å². The summed E-state index contributed by atoms with van der Waals surface area (Å²) in [6, 6.07) is 5.39. The van der Waals surface area contributed by atoms with Crippen molar-refractivity contribution >= 4 is 39.1 Å². The number of carbonyl (C=O) groups is 2. The van der Waals surface area contributed by atoms with Crippen LogP contribution in [0, 0.1) is 6.92 Å². The van der Waals surface area contributed by atoms with Gasteiger partial charge in [-0.3, -0.25) is 14.6 Å². The summed E-state index contributed by atoms with van der Waals surface area (Å²) in [4.78, 5) is 39.5. The fraction of sp³-hybridized carbons (Fsp3) is 0.467. The molecule has 1 aromatic carbocycles. The number of hydrogen-bond donors (Lipinski definition) is 2. The first-order valence-corrected chi connectivity index (χ1v) is 15.0. The molecule has 0 radical (unpaired) electrons. The molecule has 2 aliphatic heterocycles. The zero-order valence-electron chi connectivity index (χ0n) is 24.5. The minimum Gasteiger partial charge on any atom is -0.387 e. The predicted molar refractivity (Wildman–Crippen MR) is 164 cm³/mol. The minimum atomic E-state index is -0.331. The molecular formula is C30H38BrN7O4. The fourth-order valence-corrected chi connectivity index (χ4v) is 5.97. The van der Waals surface area contributed by atoms with Gasteiger partial charge in [0.2, 0.25) is 0 Å². The Morgan fingerprint density at radius 2 is 1.93 bits per heavy atom. The molecule has 11 nitrogen and oxygen atoms in total. The standard InChI is InChI=1S/C30H38BrN7O4/c1-19-9-22(31)11-25(30(40)37-6-5-20(2)41-8-7-37)28(19)35-26-15-38(29(39)21-10-23(32-3)13-33-12-21)16-27(26)42-17-24-14-34-18-36(24)4/h9-14,18,20,26-27,32,35H,5-8,15-17H2,1-4H3/t20-,26+,27+/m1/s1. The summed E-state index contributed by atoms with van der Waals surface area (Å²) >= 11 is 3.59. The smallest absolute Gasteiger partial charge is 0.256 e. The van der Waals surface area contributed by atoms with E-state index in [-0.39, 0.29) is 30.1 Å². The van der Waals surface area contributed by atoms with E-state index in [1.54, 1.807) is 42.9 Å². The number of imidazole rings is 1. The summed E-state index contributed by atoms with van der Waals surface area (Å²) in [6.07, 6.45) is 7.34. The van der Waals surface area contributed by atoms with Gasteiger partial charge in [0.05, 0.1) is 72.2 Å². The van der Waals surface area contributed by atoms with Crippen molar-refractivity contribution in [3.05, 3.63) is 70.0 Å². The van der Waals surface area contributed by atoms with E-state index in [4.69, 9.17) is 9.47 Å². The number of nitrogens with one attached hydrogen (secondary N) is 2. The van der Waals surface area contributed by atoms with Crippen LogP contribution in [0.2, 0.25) is 0 Å². The molecule has 2 saturated heterocycles. The number of aryl methyl sites for hydroxylation is 2. The highest BCUT2D eigenvalue weighted by atomic mass is 79.9. The molecule has 2 amide bonds. The number of benzene rings is 1. The van der Waals surface area contributed by atoms with Crippen LogP contribution in [0.3, 0.4) is 0 Å². The summed E-state index contributed by atoms with van der Waals surface area (Å²) in [5.74, 6) is -0.173. The van der Waals surface area contributed by atoms with Crippen molar-refractivity contribution in [3.8, 4) is 0 Å². The van der Waals surface area contributed by atoms with Gasteiger partial charge in [0, 0.05) is 57.1 Å². The first kappa shape index (κ1) is 30.0. The van der Waals surface area contributed by atoms with Gasteiger partial charge in [-0.25, -0.2) is 4.98 Å². The highest BCUT2D eigenvalue weighted by Crippen LogP contribution is 2.31. The Bertz CT molecular complexity index is 1430. The lowest BCUT2D eigenvalue weighted by Crippen LogP contribution is -2.37. The van der Waals surface area contributed by atoms with Crippen LogP contribution in [0.25, 0.3) is 0 Å². The molecule has 0 bridgehead atoms. The maximum atomic E-state index is 13.9. The van der Waals surface area contributed by atoms with E-state index in [0.29, 0.717) is 50.5 Å². The van der Waals surface area contributed by atoms with Crippen LogP contribution in [0.15, 0.2) is 47.6 Å². The number of carbonyl (C=O) groups excluding carboxylic acids is 2. The third kappa shape index (κ3) is 6.77. The van der Waals surface area contributed by atoms with Gasteiger partial charge in [0.1, 0.15) is 0 Å². The van der Waals surface area contributed by atoms with E-state index >= 15 is 0 Å². The summed E-state index contributed by atoms with van der Waals surface area (Å²) in [7, 11) is 3.72. The number of nitrogens with zero attached hydrogens (tertiary/aromatic N) is 5. The normalized spacial score (nSPS) is 20.8. The number of anilines is 2. The minimum absolute atomic E-state index is 0.0483. The summed E-state index contributed by atoms with van der Waals surface area (Å²) in [6.45, 7) is 6.83. The number of hydrogen-bond acceptors (Lipinski definition) is 8. The Hall–Kier alpha value is -3.48. The van der Waals surface area contributed by atoms with Crippen LogP contribution in [0.1, 0.15) is 45.3 Å². The lowest BCUT2D eigenvalue weighted by Gasteiger charge is -2.26. The Labute approximate surface area is 254 Å². The molecule has 0 unspecified atom stereocenters. The molecule has 3 aromatic rings. The van der Waals surface area contributed by atoms with Gasteiger partial charge >= 0.3 is 0 Å². The van der Waals surface area contributed by atoms with Crippen LogP contribution in [0.5, 0.6) is 0 Å². The third-order valence-electron chi connectivity index (χ3n) is 7.91. The second kappa shape index (κ2) is 13.2. The Morgan fingerprint density at radius 1 is 1.10 bits per heavy atom. The van der Waals surface area contributed by atoms with Crippen molar-refractivity contribution in [3.63, 3.8) is 0 Å². The maximum absolute atomic E-state index is 13.9. The SMILES string of the molecule is CNc1cncc(C(=O)N2C[C@H](Nc3c(C)cc(Br)cc3C(=O)N3CCO[C@H](C)CC3)[C@@H](OCc3cncn3C)C2)c1. The second-order valence-electron chi connectivity index (χ2n) is 10.9. The number of aromatic nitrogens is 3. The highest BCUT2D eigenvalue weighted by Gasteiger charge is 2.38. The van der Waals surface area contributed by atoms with Crippen LogP contribution < -0.4 is 10.6 Å². The van der Waals surface area contributed by atoms with Crippen molar-refractivity contribution in [1.29, 1.82) is 0 Å². The van der Waals surface area contributed by atoms with Crippen molar-refractivity contribution in [2.45, 2.75) is 45.1 Å². The molecule has 0 aliphatic carbocycles. The molecule has 5 rings (SSSR count). The number of halogens is 1. The van der Waals surface area contributed by atoms with Crippen LogP contribution in [-0.4, -0.2) is 94.2 Å². The second-order valence-corrected chi connectivity index (χ2v) is 11.8. The van der Waals surface area contributed by atoms with Crippen LogP contribution in [-0.2, 0) is 23.1 Å². The Balaban J connectivity index is 1.42. The summed E-state index contributed by atoms with van der Waals surface area (Å²) < 4.78 is 14.9. The van der Waals surface area contributed by atoms with Crippen LogP contribution >= 0.6 is 15.9 Å².